The fourth-order valence-corrected chi connectivity index (χ4v) is 3.49. The lowest BCUT2D eigenvalue weighted by Crippen LogP contribution is -2.21. The zero-order valence-corrected chi connectivity index (χ0v) is 18.4. The Morgan fingerprint density at radius 2 is 1.45 bits per heavy atom. The van der Waals surface area contributed by atoms with E-state index in [0.29, 0.717) is 17.0 Å². The number of amides is 1. The first-order valence-corrected chi connectivity index (χ1v) is 10.5. The average Bonchev–Trinajstić information content (AvgIpc) is 3.17. The second-order valence-corrected chi connectivity index (χ2v) is 7.57. The summed E-state index contributed by atoms with van der Waals surface area (Å²) in [6, 6.07) is 27.6. The van der Waals surface area contributed by atoms with Gasteiger partial charge in [0.2, 0.25) is 0 Å². The quantitative estimate of drug-likeness (QED) is 0.375. The predicted molar refractivity (Wildman–Crippen MR) is 127 cm³/mol. The van der Waals surface area contributed by atoms with E-state index in [-0.39, 0.29) is 6.61 Å². The molecule has 0 radical (unpaired) electrons. The van der Waals surface area contributed by atoms with E-state index < -0.39 is 11.9 Å². The number of aromatic nitrogens is 1. The van der Waals surface area contributed by atoms with E-state index in [1.165, 1.54) is 0 Å². The summed E-state index contributed by atoms with van der Waals surface area (Å²) in [7, 11) is 0. The molecule has 4 aromatic rings. The van der Waals surface area contributed by atoms with Gasteiger partial charge in [-0.15, -0.1) is 0 Å². The molecule has 0 spiro atoms. The number of rotatable bonds is 7. The number of hydrogen-bond acceptors (Lipinski definition) is 4. The normalized spacial score (nSPS) is 10.5. The smallest absolute Gasteiger partial charge is 0.338 e. The van der Waals surface area contributed by atoms with Crippen LogP contribution in [0.5, 0.6) is 11.5 Å². The number of carbonyl (C=O) groups excluding carboxylic acids is 2. The molecule has 1 aromatic heterocycles. The number of ether oxygens (including phenoxy) is 2. The van der Waals surface area contributed by atoms with Crippen molar-refractivity contribution in [3.8, 4) is 17.2 Å². The molecule has 6 heteroatoms. The summed E-state index contributed by atoms with van der Waals surface area (Å²) in [5.74, 6) is 0.403. The van der Waals surface area contributed by atoms with Crippen LogP contribution in [-0.4, -0.2) is 23.1 Å². The first-order chi connectivity index (χ1) is 16.0. The Balaban J connectivity index is 1.32. The molecule has 3 aromatic carbocycles. The summed E-state index contributed by atoms with van der Waals surface area (Å²) in [5, 5.41) is 2.71. The second-order valence-electron chi connectivity index (χ2n) is 7.57. The maximum Gasteiger partial charge on any atom is 0.338 e. The van der Waals surface area contributed by atoms with Gasteiger partial charge in [-0.2, -0.15) is 0 Å². The highest BCUT2D eigenvalue weighted by Gasteiger charge is 2.13. The van der Waals surface area contributed by atoms with E-state index in [1.54, 1.807) is 42.5 Å². The molecule has 1 N–H and O–H groups in total. The van der Waals surface area contributed by atoms with Crippen molar-refractivity contribution in [2.24, 2.45) is 0 Å². The maximum atomic E-state index is 12.5. The van der Waals surface area contributed by atoms with Crippen LogP contribution < -0.4 is 10.1 Å². The average molecular weight is 440 g/mol. The highest BCUT2D eigenvalue weighted by molar-refractivity contribution is 5.95. The van der Waals surface area contributed by atoms with Crippen LogP contribution in [0.25, 0.3) is 5.69 Å². The van der Waals surface area contributed by atoms with E-state index in [2.05, 4.69) is 9.88 Å². The predicted octanol–water partition coefficient (Wildman–Crippen LogP) is 5.68. The van der Waals surface area contributed by atoms with E-state index in [4.69, 9.17) is 9.47 Å². The molecule has 0 aliphatic heterocycles. The molecule has 0 aliphatic carbocycles. The topological polar surface area (TPSA) is 69.6 Å². The molecule has 0 bridgehead atoms. The molecule has 0 atom stereocenters. The fraction of sp³-hybridized carbons (Fsp3) is 0.111. The number of benzene rings is 3. The Morgan fingerprint density at radius 3 is 2.15 bits per heavy atom. The van der Waals surface area contributed by atoms with Crippen LogP contribution in [0.3, 0.4) is 0 Å². The van der Waals surface area contributed by atoms with Gasteiger partial charge in [-0.25, -0.2) is 4.79 Å². The third-order valence-corrected chi connectivity index (χ3v) is 5.06. The van der Waals surface area contributed by atoms with Gasteiger partial charge in [0.1, 0.15) is 11.5 Å². The molecule has 0 saturated heterocycles. The number of carbonyl (C=O) groups is 2. The van der Waals surface area contributed by atoms with Crippen molar-refractivity contribution in [3.05, 3.63) is 108 Å². The standard InChI is InChI=1S/C27H24N2O4/c1-19-11-12-20(2)29(19)23-8-6-7-21(17-23)27(31)32-18-26(30)28-22-13-15-25(16-14-22)33-24-9-4-3-5-10-24/h3-17H,18H2,1-2H3,(H,28,30). The molecule has 1 amide bonds. The first-order valence-electron chi connectivity index (χ1n) is 10.5. The van der Waals surface area contributed by atoms with Crippen molar-refractivity contribution in [2.45, 2.75) is 13.8 Å². The van der Waals surface area contributed by atoms with Crippen molar-refractivity contribution in [1.29, 1.82) is 0 Å². The maximum absolute atomic E-state index is 12.5. The largest absolute Gasteiger partial charge is 0.457 e. The first kappa shape index (κ1) is 21.9. The van der Waals surface area contributed by atoms with Gasteiger partial charge < -0.3 is 19.4 Å². The summed E-state index contributed by atoms with van der Waals surface area (Å²) < 4.78 is 13.0. The lowest BCUT2D eigenvalue weighted by atomic mass is 10.2. The minimum Gasteiger partial charge on any atom is -0.457 e. The number of nitrogens with zero attached hydrogens (tertiary/aromatic N) is 1. The summed E-state index contributed by atoms with van der Waals surface area (Å²) >= 11 is 0. The van der Waals surface area contributed by atoms with E-state index in [1.807, 2.05) is 62.4 Å². The summed E-state index contributed by atoms with van der Waals surface area (Å²) in [6.07, 6.45) is 0. The van der Waals surface area contributed by atoms with E-state index in [9.17, 15) is 9.59 Å². The van der Waals surface area contributed by atoms with Gasteiger partial charge in [0.05, 0.1) is 5.56 Å². The van der Waals surface area contributed by atoms with Crippen LogP contribution >= 0.6 is 0 Å². The van der Waals surface area contributed by atoms with E-state index >= 15 is 0 Å². The lowest BCUT2D eigenvalue weighted by Gasteiger charge is -2.11. The van der Waals surface area contributed by atoms with Crippen LogP contribution in [0, 0.1) is 13.8 Å². The van der Waals surface area contributed by atoms with Gasteiger partial charge >= 0.3 is 5.97 Å². The van der Waals surface area contributed by atoms with Crippen LogP contribution in [0.2, 0.25) is 0 Å². The Morgan fingerprint density at radius 1 is 0.788 bits per heavy atom. The molecule has 1 heterocycles. The Kier molecular flexibility index (Phi) is 6.55. The van der Waals surface area contributed by atoms with E-state index in [0.717, 1.165) is 22.8 Å². The van der Waals surface area contributed by atoms with Gasteiger partial charge in [0, 0.05) is 22.8 Å². The van der Waals surface area contributed by atoms with Crippen molar-refractivity contribution < 1.29 is 19.1 Å². The van der Waals surface area contributed by atoms with Crippen molar-refractivity contribution in [1.82, 2.24) is 4.57 Å². The highest BCUT2D eigenvalue weighted by atomic mass is 16.5. The number of para-hydroxylation sites is 1. The zero-order chi connectivity index (χ0) is 23.2. The van der Waals surface area contributed by atoms with Gasteiger partial charge in [-0.3, -0.25) is 4.79 Å². The number of anilines is 1. The zero-order valence-electron chi connectivity index (χ0n) is 18.4. The van der Waals surface area contributed by atoms with Crippen molar-refractivity contribution in [3.63, 3.8) is 0 Å². The van der Waals surface area contributed by atoms with Gasteiger partial charge in [0.25, 0.3) is 5.91 Å². The van der Waals surface area contributed by atoms with Gasteiger partial charge in [-0.05, 0) is 80.6 Å². The number of aryl methyl sites for hydroxylation is 2. The third kappa shape index (κ3) is 5.49. The molecule has 166 valence electrons. The Hall–Kier alpha value is -4.32. The van der Waals surface area contributed by atoms with Crippen LogP contribution in [0.15, 0.2) is 91.0 Å². The SMILES string of the molecule is Cc1ccc(C)n1-c1cccc(C(=O)OCC(=O)Nc2ccc(Oc3ccccc3)cc2)c1. The van der Waals surface area contributed by atoms with Crippen molar-refractivity contribution in [2.75, 3.05) is 11.9 Å². The summed E-state index contributed by atoms with van der Waals surface area (Å²) in [4.78, 5) is 24.7. The molecule has 4 rings (SSSR count). The number of nitrogens with one attached hydrogen (secondary N) is 1. The molecule has 0 saturated carbocycles. The molecule has 0 fully saturated rings. The summed E-state index contributed by atoms with van der Waals surface area (Å²) in [6.45, 7) is 3.62. The van der Waals surface area contributed by atoms with Crippen LogP contribution in [0.4, 0.5) is 5.69 Å². The highest BCUT2D eigenvalue weighted by Crippen LogP contribution is 2.22. The van der Waals surface area contributed by atoms with Crippen LogP contribution in [-0.2, 0) is 9.53 Å². The third-order valence-electron chi connectivity index (χ3n) is 5.06. The molecule has 0 aliphatic rings. The molecular formula is C27H24N2O4. The van der Waals surface area contributed by atoms with Crippen molar-refractivity contribution >= 4 is 17.6 Å². The minimum atomic E-state index is -0.555. The monoisotopic (exact) mass is 440 g/mol. The minimum absolute atomic E-state index is 0.382. The summed E-state index contributed by atoms with van der Waals surface area (Å²) in [5.41, 5.74) is 3.97. The molecule has 6 nitrogen and oxygen atoms in total. The van der Waals surface area contributed by atoms with Gasteiger partial charge in [0.15, 0.2) is 6.61 Å². The molecule has 33 heavy (non-hydrogen) atoms. The molecule has 0 unspecified atom stereocenters. The molecular weight excluding hydrogens is 416 g/mol. The Labute approximate surface area is 192 Å². The lowest BCUT2D eigenvalue weighted by molar-refractivity contribution is -0.119. The Bertz CT molecular complexity index is 1240. The van der Waals surface area contributed by atoms with Gasteiger partial charge in [-0.1, -0.05) is 24.3 Å². The number of esters is 1. The van der Waals surface area contributed by atoms with Crippen LogP contribution in [0.1, 0.15) is 21.7 Å². The number of hydrogen-bond donors (Lipinski definition) is 1. The fourth-order valence-electron chi connectivity index (χ4n) is 3.49. The second kappa shape index (κ2) is 9.87.